The molecule has 1 aromatic rings. The second-order valence-corrected chi connectivity index (χ2v) is 4.98. The van der Waals surface area contributed by atoms with E-state index >= 15 is 0 Å². The summed E-state index contributed by atoms with van der Waals surface area (Å²) in [6.45, 7) is 1.79. The third-order valence-corrected chi connectivity index (χ3v) is 3.31. The highest BCUT2D eigenvalue weighted by molar-refractivity contribution is 6.03. The van der Waals surface area contributed by atoms with E-state index in [0.29, 0.717) is 11.3 Å². The minimum Gasteiger partial charge on any atom is -0.326 e. The first-order valence-corrected chi connectivity index (χ1v) is 6.65. The van der Waals surface area contributed by atoms with Crippen LogP contribution in [-0.2, 0) is 14.4 Å². The van der Waals surface area contributed by atoms with E-state index in [1.807, 2.05) is 6.07 Å². The average Bonchev–Trinajstić information content (AvgIpc) is 2.70. The number of hydrogen-bond acceptors (Lipinski definition) is 4. The standard InChI is InChI=1S/C15H15N3O3/c1-10-7-14(20)18(15(10)21)6-5-13(19)17-12-4-2-3-11(8-12)9-16/h2-4,8,10H,5-7H2,1H3,(H,17,19). The number of imide groups is 1. The quantitative estimate of drug-likeness (QED) is 0.844. The molecule has 1 aliphatic heterocycles. The first-order valence-electron chi connectivity index (χ1n) is 6.65. The Morgan fingerprint density at radius 1 is 1.48 bits per heavy atom. The Labute approximate surface area is 122 Å². The maximum Gasteiger partial charge on any atom is 0.232 e. The van der Waals surface area contributed by atoms with Crippen molar-refractivity contribution in [3.63, 3.8) is 0 Å². The third kappa shape index (κ3) is 3.45. The number of carbonyl (C=O) groups is 3. The molecule has 0 radical (unpaired) electrons. The topological polar surface area (TPSA) is 90.3 Å². The molecule has 1 aromatic carbocycles. The molecule has 3 amide bonds. The van der Waals surface area contributed by atoms with Gasteiger partial charge in [0.1, 0.15) is 0 Å². The summed E-state index contributed by atoms with van der Waals surface area (Å²) in [6.07, 6.45) is 0.256. The van der Waals surface area contributed by atoms with Crippen molar-refractivity contribution in [2.45, 2.75) is 19.8 Å². The largest absolute Gasteiger partial charge is 0.326 e. The van der Waals surface area contributed by atoms with Crippen LogP contribution in [0, 0.1) is 17.2 Å². The van der Waals surface area contributed by atoms with Gasteiger partial charge in [0.05, 0.1) is 11.6 Å². The highest BCUT2D eigenvalue weighted by Crippen LogP contribution is 2.19. The summed E-state index contributed by atoms with van der Waals surface area (Å²) in [5.41, 5.74) is 0.970. The third-order valence-electron chi connectivity index (χ3n) is 3.31. The van der Waals surface area contributed by atoms with E-state index in [1.165, 1.54) is 0 Å². The zero-order chi connectivity index (χ0) is 15.4. The maximum atomic E-state index is 11.8. The molecule has 0 bridgehead atoms. The number of likely N-dealkylation sites (tertiary alicyclic amines) is 1. The van der Waals surface area contributed by atoms with Crippen molar-refractivity contribution in [1.82, 2.24) is 4.90 Å². The molecule has 6 heteroatoms. The molecule has 0 saturated carbocycles. The number of anilines is 1. The first-order chi connectivity index (χ1) is 10.0. The molecule has 1 N–H and O–H groups in total. The van der Waals surface area contributed by atoms with Crippen LogP contribution in [0.25, 0.3) is 0 Å². The van der Waals surface area contributed by atoms with E-state index in [-0.39, 0.29) is 43.0 Å². The van der Waals surface area contributed by atoms with Crippen LogP contribution in [0.5, 0.6) is 0 Å². The van der Waals surface area contributed by atoms with Crippen LogP contribution in [-0.4, -0.2) is 29.2 Å². The lowest BCUT2D eigenvalue weighted by molar-refractivity contribution is -0.139. The summed E-state index contributed by atoms with van der Waals surface area (Å²) in [5.74, 6) is -1.05. The van der Waals surface area contributed by atoms with E-state index in [9.17, 15) is 14.4 Å². The van der Waals surface area contributed by atoms with E-state index in [1.54, 1.807) is 31.2 Å². The predicted molar refractivity (Wildman–Crippen MR) is 74.9 cm³/mol. The second-order valence-electron chi connectivity index (χ2n) is 4.98. The Morgan fingerprint density at radius 2 is 2.24 bits per heavy atom. The summed E-state index contributed by atoms with van der Waals surface area (Å²) < 4.78 is 0. The monoisotopic (exact) mass is 285 g/mol. The number of rotatable bonds is 4. The molecular formula is C15H15N3O3. The van der Waals surface area contributed by atoms with Gasteiger partial charge in [-0.2, -0.15) is 5.26 Å². The van der Waals surface area contributed by atoms with E-state index in [0.717, 1.165) is 4.90 Å². The van der Waals surface area contributed by atoms with Crippen LogP contribution in [0.3, 0.4) is 0 Å². The smallest absolute Gasteiger partial charge is 0.232 e. The molecule has 108 valence electrons. The molecule has 0 aliphatic carbocycles. The van der Waals surface area contributed by atoms with Crippen molar-refractivity contribution in [3.05, 3.63) is 29.8 Å². The molecule has 0 aromatic heterocycles. The number of nitrogens with one attached hydrogen (secondary N) is 1. The fourth-order valence-corrected chi connectivity index (χ4v) is 2.19. The zero-order valence-electron chi connectivity index (χ0n) is 11.6. The van der Waals surface area contributed by atoms with Gasteiger partial charge in [0.15, 0.2) is 0 Å². The normalized spacial score (nSPS) is 17.7. The summed E-state index contributed by atoms with van der Waals surface area (Å²) in [4.78, 5) is 36.2. The molecule has 1 saturated heterocycles. The van der Waals surface area contributed by atoms with Gasteiger partial charge in [-0.05, 0) is 18.2 Å². The Hall–Kier alpha value is -2.68. The minimum absolute atomic E-state index is 0.0426. The highest BCUT2D eigenvalue weighted by atomic mass is 16.2. The van der Waals surface area contributed by atoms with Gasteiger partial charge >= 0.3 is 0 Å². The summed E-state index contributed by atoms with van der Waals surface area (Å²) in [6, 6.07) is 8.53. The van der Waals surface area contributed by atoms with Gasteiger partial charge in [-0.15, -0.1) is 0 Å². The van der Waals surface area contributed by atoms with Crippen LogP contribution < -0.4 is 5.32 Å². The van der Waals surface area contributed by atoms with Gasteiger partial charge in [0.2, 0.25) is 17.7 Å². The van der Waals surface area contributed by atoms with E-state index in [4.69, 9.17) is 5.26 Å². The van der Waals surface area contributed by atoms with Crippen molar-refractivity contribution >= 4 is 23.4 Å². The molecular weight excluding hydrogens is 270 g/mol. The molecule has 1 aliphatic rings. The van der Waals surface area contributed by atoms with Crippen LogP contribution in [0.15, 0.2) is 24.3 Å². The molecule has 1 atom stereocenters. The molecule has 1 heterocycles. The first kappa shape index (κ1) is 14.7. The Morgan fingerprint density at radius 3 is 2.86 bits per heavy atom. The Bertz CT molecular complexity index is 633. The average molecular weight is 285 g/mol. The highest BCUT2D eigenvalue weighted by Gasteiger charge is 2.35. The van der Waals surface area contributed by atoms with Crippen molar-refractivity contribution in [1.29, 1.82) is 5.26 Å². The van der Waals surface area contributed by atoms with Gasteiger partial charge in [-0.25, -0.2) is 0 Å². The van der Waals surface area contributed by atoms with Crippen molar-refractivity contribution < 1.29 is 14.4 Å². The number of amides is 3. The van der Waals surface area contributed by atoms with Crippen LogP contribution in [0.4, 0.5) is 5.69 Å². The second kappa shape index (κ2) is 6.18. The molecule has 2 rings (SSSR count). The van der Waals surface area contributed by atoms with Gasteiger partial charge in [-0.1, -0.05) is 13.0 Å². The van der Waals surface area contributed by atoms with Gasteiger partial charge in [0.25, 0.3) is 0 Å². The molecule has 0 spiro atoms. The maximum absolute atomic E-state index is 11.8. The number of nitriles is 1. The lowest BCUT2D eigenvalue weighted by atomic mass is 10.1. The van der Waals surface area contributed by atoms with Crippen LogP contribution >= 0.6 is 0 Å². The number of hydrogen-bond donors (Lipinski definition) is 1. The SMILES string of the molecule is CC1CC(=O)N(CCC(=O)Nc2cccc(C#N)c2)C1=O. The fourth-order valence-electron chi connectivity index (χ4n) is 2.19. The zero-order valence-corrected chi connectivity index (χ0v) is 11.6. The molecule has 1 fully saturated rings. The number of nitrogens with zero attached hydrogens (tertiary/aromatic N) is 2. The minimum atomic E-state index is -0.301. The predicted octanol–water partition coefficient (Wildman–Crippen LogP) is 1.28. The van der Waals surface area contributed by atoms with Gasteiger partial charge < -0.3 is 5.32 Å². The summed E-state index contributed by atoms with van der Waals surface area (Å²) in [5, 5.41) is 11.4. The summed E-state index contributed by atoms with van der Waals surface area (Å²) in [7, 11) is 0. The number of carbonyl (C=O) groups excluding carboxylic acids is 3. The van der Waals surface area contributed by atoms with Gasteiger partial charge in [-0.3, -0.25) is 19.3 Å². The lowest BCUT2D eigenvalue weighted by Gasteiger charge is -2.14. The van der Waals surface area contributed by atoms with E-state index in [2.05, 4.69) is 5.32 Å². The molecule has 1 unspecified atom stereocenters. The van der Waals surface area contributed by atoms with Crippen molar-refractivity contribution in [2.24, 2.45) is 5.92 Å². The van der Waals surface area contributed by atoms with Crippen LogP contribution in [0.2, 0.25) is 0 Å². The Balaban J connectivity index is 1.89. The van der Waals surface area contributed by atoms with Crippen molar-refractivity contribution in [2.75, 3.05) is 11.9 Å². The lowest BCUT2D eigenvalue weighted by Crippen LogP contribution is -2.33. The van der Waals surface area contributed by atoms with Gasteiger partial charge in [0, 0.05) is 31.0 Å². The summed E-state index contributed by atoms with van der Waals surface area (Å²) >= 11 is 0. The van der Waals surface area contributed by atoms with Crippen LogP contribution in [0.1, 0.15) is 25.3 Å². The fraction of sp³-hybridized carbons (Fsp3) is 0.333. The molecule has 21 heavy (non-hydrogen) atoms. The van der Waals surface area contributed by atoms with Crippen molar-refractivity contribution in [3.8, 4) is 6.07 Å². The Kier molecular flexibility index (Phi) is 4.33. The van der Waals surface area contributed by atoms with E-state index < -0.39 is 0 Å². The number of benzene rings is 1. The molecule has 6 nitrogen and oxygen atoms in total.